The number of nitriles is 1. The summed E-state index contributed by atoms with van der Waals surface area (Å²) in [4.78, 5) is 32.7. The van der Waals surface area contributed by atoms with Crippen LogP contribution in [0.15, 0.2) is 74.1 Å². The molecule has 9 nitrogen and oxygen atoms in total. The fourth-order valence-electron chi connectivity index (χ4n) is 5.07. The number of aromatic nitrogens is 1. The van der Waals surface area contributed by atoms with Gasteiger partial charge in [-0.1, -0.05) is 57.6 Å². The molecule has 11 heteroatoms. The van der Waals surface area contributed by atoms with Gasteiger partial charge >= 0.3 is 5.97 Å². The van der Waals surface area contributed by atoms with E-state index in [0.29, 0.717) is 54.5 Å². The molecule has 0 aliphatic carbocycles. The van der Waals surface area contributed by atoms with Crippen molar-refractivity contribution in [2.24, 2.45) is 4.99 Å². The quantitative estimate of drug-likeness (QED) is 0.232. The molecule has 220 valence electrons. The largest absolute Gasteiger partial charge is 0.493 e. The minimum atomic E-state index is -0.863. The van der Waals surface area contributed by atoms with E-state index in [4.69, 9.17) is 24.2 Å². The Hall–Kier alpha value is -4.40. The Morgan fingerprint density at radius 3 is 2.63 bits per heavy atom. The number of carbonyl (C=O) groups excluding carboxylic acids is 1. The molecule has 4 aromatic rings. The molecular weight excluding hydrogens is 634 g/mol. The lowest BCUT2D eigenvalue weighted by atomic mass is 9.95. The maximum absolute atomic E-state index is 14.3. The highest BCUT2D eigenvalue weighted by atomic mass is 79.9. The normalized spacial score (nSPS) is 14.6. The van der Waals surface area contributed by atoms with E-state index in [1.807, 2.05) is 43.3 Å². The predicted octanol–water partition coefficient (Wildman–Crippen LogP) is 5.02. The Morgan fingerprint density at radius 1 is 1.12 bits per heavy atom. The van der Waals surface area contributed by atoms with Crippen LogP contribution >= 0.6 is 27.3 Å². The molecule has 43 heavy (non-hydrogen) atoms. The number of thiazole rings is 1. The zero-order valence-corrected chi connectivity index (χ0v) is 26.4. The van der Waals surface area contributed by atoms with Crippen LogP contribution in [0, 0.1) is 11.3 Å². The Morgan fingerprint density at radius 2 is 1.91 bits per heavy atom. The van der Waals surface area contributed by atoms with E-state index in [2.05, 4.69) is 20.9 Å². The van der Waals surface area contributed by atoms with Crippen molar-refractivity contribution in [1.82, 2.24) is 4.57 Å². The number of esters is 1. The number of hydrogen-bond donors (Lipinski definition) is 0. The van der Waals surface area contributed by atoms with Gasteiger partial charge in [-0.15, -0.1) is 0 Å². The van der Waals surface area contributed by atoms with Gasteiger partial charge in [-0.05, 0) is 61.4 Å². The van der Waals surface area contributed by atoms with Crippen LogP contribution in [0.5, 0.6) is 17.2 Å². The third kappa shape index (κ3) is 5.68. The summed E-state index contributed by atoms with van der Waals surface area (Å²) in [5.74, 6) is 0.886. The summed E-state index contributed by atoms with van der Waals surface area (Å²) in [6, 6.07) is 16.1. The van der Waals surface area contributed by atoms with E-state index in [1.54, 1.807) is 38.1 Å². The number of fused-ring (bicyclic) bond motifs is 2. The van der Waals surface area contributed by atoms with Gasteiger partial charge in [0.15, 0.2) is 22.9 Å². The van der Waals surface area contributed by atoms with E-state index in [9.17, 15) is 9.59 Å². The number of hydrogen-bond acceptors (Lipinski definition) is 9. The van der Waals surface area contributed by atoms with Gasteiger partial charge in [-0.3, -0.25) is 9.36 Å². The summed E-state index contributed by atoms with van der Waals surface area (Å²) in [6.07, 6.45) is 1.76. The number of ether oxygens (including phenoxy) is 4. The fourth-order valence-corrected chi connectivity index (χ4v) is 6.63. The molecule has 1 aromatic heterocycles. The number of benzene rings is 3. The molecule has 0 fully saturated rings. The molecule has 0 bridgehead atoms. The minimum Gasteiger partial charge on any atom is -0.493 e. The van der Waals surface area contributed by atoms with Crippen LogP contribution in [-0.2, 0) is 9.53 Å². The molecule has 0 amide bonds. The zero-order chi connectivity index (χ0) is 30.7. The summed E-state index contributed by atoms with van der Waals surface area (Å²) in [6.45, 7) is 5.78. The number of halogens is 1. The average molecular weight is 663 g/mol. The predicted molar refractivity (Wildman–Crippen MR) is 167 cm³/mol. The van der Waals surface area contributed by atoms with E-state index in [1.165, 1.54) is 23.0 Å². The molecular formula is C32H28BrN3O6S. The molecule has 5 rings (SSSR count). The highest BCUT2D eigenvalue weighted by molar-refractivity contribution is 9.10. The van der Waals surface area contributed by atoms with Crippen LogP contribution in [0.1, 0.15) is 37.9 Å². The highest BCUT2D eigenvalue weighted by Crippen LogP contribution is 2.41. The summed E-state index contributed by atoms with van der Waals surface area (Å²) < 4.78 is 25.0. The highest BCUT2D eigenvalue weighted by Gasteiger charge is 2.35. The standard InChI is InChI=1S/C32H28BrN3O6S/c1-5-40-26-17-23(33)22(15-25(26)39-4)29-28(31(38)41-6-2)18(3)35-32-36(29)30(37)27(43-32)16-21-20-10-8-7-9-19(20)11-12-24(21)42-14-13-34/h7-12,15-17,29H,5-6,14H2,1-4H3/b27-16+/t29-/m0/s1. The second-order valence-corrected chi connectivity index (χ2v) is 11.3. The second-order valence-electron chi connectivity index (χ2n) is 9.41. The Bertz CT molecular complexity index is 1990. The Balaban J connectivity index is 1.79. The van der Waals surface area contributed by atoms with Gasteiger partial charge in [0.25, 0.3) is 5.56 Å². The summed E-state index contributed by atoms with van der Waals surface area (Å²) in [5, 5.41) is 11.0. The molecule has 0 unspecified atom stereocenters. The van der Waals surface area contributed by atoms with Crippen molar-refractivity contribution in [3.63, 3.8) is 0 Å². The van der Waals surface area contributed by atoms with E-state index < -0.39 is 12.0 Å². The first kappa shape index (κ1) is 30.1. The molecule has 2 heterocycles. The van der Waals surface area contributed by atoms with Crippen molar-refractivity contribution in [3.8, 4) is 23.3 Å². The molecule has 0 spiro atoms. The monoisotopic (exact) mass is 661 g/mol. The lowest BCUT2D eigenvalue weighted by Gasteiger charge is -2.26. The lowest BCUT2D eigenvalue weighted by Crippen LogP contribution is -2.40. The smallest absolute Gasteiger partial charge is 0.338 e. The fraction of sp³-hybridized carbons (Fsp3) is 0.250. The molecule has 0 N–H and O–H groups in total. The van der Waals surface area contributed by atoms with Gasteiger partial charge in [-0.25, -0.2) is 9.79 Å². The van der Waals surface area contributed by atoms with Crippen molar-refractivity contribution < 1.29 is 23.7 Å². The van der Waals surface area contributed by atoms with Crippen LogP contribution in [0.4, 0.5) is 0 Å². The number of rotatable bonds is 9. The maximum atomic E-state index is 14.3. The Kier molecular flexibility index (Phi) is 8.99. The van der Waals surface area contributed by atoms with Gasteiger partial charge in [0, 0.05) is 10.0 Å². The van der Waals surface area contributed by atoms with Crippen molar-refractivity contribution in [3.05, 3.63) is 95.1 Å². The second kappa shape index (κ2) is 12.9. The van der Waals surface area contributed by atoms with Crippen molar-refractivity contribution in [1.29, 1.82) is 5.26 Å². The van der Waals surface area contributed by atoms with E-state index in [0.717, 1.165) is 10.8 Å². The number of allylic oxidation sites excluding steroid dienone is 1. The first-order chi connectivity index (χ1) is 20.8. The molecule has 1 atom stereocenters. The van der Waals surface area contributed by atoms with Crippen molar-refractivity contribution in [2.45, 2.75) is 26.8 Å². The van der Waals surface area contributed by atoms with Crippen molar-refractivity contribution >= 4 is 50.1 Å². The molecule has 0 radical (unpaired) electrons. The lowest BCUT2D eigenvalue weighted by molar-refractivity contribution is -0.139. The summed E-state index contributed by atoms with van der Waals surface area (Å²) >= 11 is 4.85. The SMILES string of the molecule is CCOC(=O)C1=C(C)N=c2s/c(=C/c3c(OCC#N)ccc4ccccc34)c(=O)n2[C@H]1c1cc(OC)c(OCC)cc1Br. The van der Waals surface area contributed by atoms with Crippen LogP contribution in [0.25, 0.3) is 16.8 Å². The van der Waals surface area contributed by atoms with Crippen molar-refractivity contribution in [2.75, 3.05) is 26.9 Å². The molecule has 0 saturated heterocycles. The molecule has 1 aliphatic heterocycles. The van der Waals surface area contributed by atoms with Crippen LogP contribution in [-0.4, -0.2) is 37.5 Å². The van der Waals surface area contributed by atoms with E-state index >= 15 is 0 Å². The number of nitrogens with zero attached hydrogens (tertiary/aromatic N) is 3. The summed E-state index contributed by atoms with van der Waals surface area (Å²) in [7, 11) is 1.53. The molecule has 3 aromatic carbocycles. The van der Waals surface area contributed by atoms with Gasteiger partial charge in [0.05, 0.1) is 42.2 Å². The van der Waals surface area contributed by atoms with Gasteiger partial charge in [0.1, 0.15) is 11.8 Å². The average Bonchev–Trinajstić information content (AvgIpc) is 3.30. The maximum Gasteiger partial charge on any atom is 0.338 e. The number of carbonyl (C=O) groups is 1. The van der Waals surface area contributed by atoms with Crippen LogP contribution in [0.2, 0.25) is 0 Å². The summed E-state index contributed by atoms with van der Waals surface area (Å²) in [5.41, 5.74) is 1.62. The third-order valence-electron chi connectivity index (χ3n) is 6.89. The molecule has 1 aliphatic rings. The van der Waals surface area contributed by atoms with Gasteiger partial charge < -0.3 is 18.9 Å². The first-order valence-corrected chi connectivity index (χ1v) is 15.1. The topological polar surface area (TPSA) is 112 Å². The van der Waals surface area contributed by atoms with Crippen LogP contribution < -0.4 is 29.1 Å². The van der Waals surface area contributed by atoms with Gasteiger partial charge in [0.2, 0.25) is 0 Å². The first-order valence-electron chi connectivity index (χ1n) is 13.5. The minimum absolute atomic E-state index is 0.143. The third-order valence-corrected chi connectivity index (χ3v) is 8.56. The van der Waals surface area contributed by atoms with Crippen LogP contribution in [0.3, 0.4) is 0 Å². The van der Waals surface area contributed by atoms with E-state index in [-0.39, 0.29) is 24.3 Å². The molecule has 0 saturated carbocycles. The Labute approximate surface area is 260 Å². The zero-order valence-electron chi connectivity index (χ0n) is 24.0. The van der Waals surface area contributed by atoms with Gasteiger partial charge in [-0.2, -0.15) is 5.26 Å². The number of methoxy groups -OCH3 is 1.